The van der Waals surface area contributed by atoms with Crippen LogP contribution in [0.1, 0.15) is 24.0 Å². The molecule has 8 rings (SSSR count). The zero-order valence-electron chi connectivity index (χ0n) is 21.0. The topological polar surface area (TPSA) is 12.9 Å². The van der Waals surface area contributed by atoms with Crippen molar-refractivity contribution in [2.45, 2.75) is 12.8 Å². The molecule has 38 heavy (non-hydrogen) atoms. The fourth-order valence-corrected chi connectivity index (χ4v) is 6.36. The van der Waals surface area contributed by atoms with E-state index in [-0.39, 0.29) is 0 Å². The Labute approximate surface area is 221 Å². The molecule has 1 heterocycles. The van der Waals surface area contributed by atoms with Gasteiger partial charge in [-0.2, -0.15) is 0 Å². The second kappa shape index (κ2) is 8.39. The van der Waals surface area contributed by atoms with E-state index in [1.807, 2.05) is 0 Å². The molecule has 6 aromatic carbocycles. The van der Waals surface area contributed by atoms with Gasteiger partial charge in [0.05, 0.1) is 11.0 Å². The molecule has 178 valence electrons. The van der Waals surface area contributed by atoms with E-state index in [2.05, 4.69) is 127 Å². The highest BCUT2D eigenvalue weighted by atomic mass is 14.7. The van der Waals surface area contributed by atoms with Crippen molar-refractivity contribution in [3.05, 3.63) is 139 Å². The van der Waals surface area contributed by atoms with Gasteiger partial charge in [-0.05, 0) is 74.2 Å². The summed E-state index contributed by atoms with van der Waals surface area (Å²) in [5, 5.41) is 10.2. The molecule has 0 saturated heterocycles. The van der Waals surface area contributed by atoms with Crippen molar-refractivity contribution < 1.29 is 0 Å². The Bertz CT molecular complexity index is 2130. The SMILES string of the molecule is C1=C(c2cc3ccccc3c3ccccc23)CCC(c2c3ccccc3nc3c2ccc2ccccc23)=C1. The van der Waals surface area contributed by atoms with Gasteiger partial charge >= 0.3 is 0 Å². The van der Waals surface area contributed by atoms with Gasteiger partial charge < -0.3 is 0 Å². The Morgan fingerprint density at radius 3 is 1.89 bits per heavy atom. The van der Waals surface area contributed by atoms with Crippen LogP contribution in [0.25, 0.3) is 65.3 Å². The number of para-hydroxylation sites is 1. The van der Waals surface area contributed by atoms with Gasteiger partial charge in [-0.1, -0.05) is 115 Å². The zero-order valence-corrected chi connectivity index (χ0v) is 21.0. The third-order valence-electron chi connectivity index (χ3n) is 8.16. The Balaban J connectivity index is 1.35. The molecule has 7 aromatic rings. The normalized spacial score (nSPS) is 13.9. The molecule has 0 atom stereocenters. The summed E-state index contributed by atoms with van der Waals surface area (Å²) in [7, 11) is 0. The van der Waals surface area contributed by atoms with Gasteiger partial charge in [0, 0.05) is 16.2 Å². The Morgan fingerprint density at radius 1 is 0.447 bits per heavy atom. The molecule has 0 spiro atoms. The number of nitrogens with zero attached hydrogens (tertiary/aromatic N) is 1. The van der Waals surface area contributed by atoms with Crippen molar-refractivity contribution in [2.75, 3.05) is 0 Å². The van der Waals surface area contributed by atoms with Crippen molar-refractivity contribution in [1.82, 2.24) is 4.98 Å². The first-order valence-electron chi connectivity index (χ1n) is 13.4. The third-order valence-corrected chi connectivity index (χ3v) is 8.16. The van der Waals surface area contributed by atoms with E-state index in [9.17, 15) is 0 Å². The molecule has 0 amide bonds. The van der Waals surface area contributed by atoms with Crippen molar-refractivity contribution in [2.24, 2.45) is 0 Å². The lowest BCUT2D eigenvalue weighted by Crippen LogP contribution is -1.98. The monoisotopic (exact) mass is 483 g/mol. The van der Waals surface area contributed by atoms with Crippen molar-refractivity contribution in [1.29, 1.82) is 0 Å². The highest BCUT2D eigenvalue weighted by Crippen LogP contribution is 2.41. The quantitative estimate of drug-likeness (QED) is 0.176. The van der Waals surface area contributed by atoms with Gasteiger partial charge in [0.15, 0.2) is 0 Å². The van der Waals surface area contributed by atoms with Gasteiger partial charge in [-0.25, -0.2) is 4.98 Å². The number of allylic oxidation sites excluding steroid dienone is 4. The van der Waals surface area contributed by atoms with Crippen molar-refractivity contribution >= 4 is 65.3 Å². The van der Waals surface area contributed by atoms with E-state index in [1.54, 1.807) is 0 Å². The van der Waals surface area contributed by atoms with Gasteiger partial charge in [0.1, 0.15) is 0 Å². The van der Waals surface area contributed by atoms with E-state index in [1.165, 1.54) is 65.4 Å². The molecule has 0 bridgehead atoms. The van der Waals surface area contributed by atoms with E-state index in [4.69, 9.17) is 4.98 Å². The first-order valence-corrected chi connectivity index (χ1v) is 13.4. The van der Waals surface area contributed by atoms with Crippen LogP contribution >= 0.6 is 0 Å². The smallest absolute Gasteiger partial charge is 0.0794 e. The van der Waals surface area contributed by atoms with Crippen LogP contribution in [-0.4, -0.2) is 4.98 Å². The van der Waals surface area contributed by atoms with Crippen molar-refractivity contribution in [3.63, 3.8) is 0 Å². The minimum Gasteiger partial charge on any atom is -0.247 e. The molecule has 1 aliphatic carbocycles. The molecule has 1 aromatic heterocycles. The summed E-state index contributed by atoms with van der Waals surface area (Å²) in [5.41, 5.74) is 7.62. The highest BCUT2D eigenvalue weighted by Gasteiger charge is 2.18. The Morgan fingerprint density at radius 2 is 1.08 bits per heavy atom. The molecule has 0 saturated carbocycles. The maximum absolute atomic E-state index is 5.14. The molecular formula is C37H25N. The maximum atomic E-state index is 5.14. The number of aromatic nitrogens is 1. The second-order valence-corrected chi connectivity index (χ2v) is 10.3. The molecule has 0 unspecified atom stereocenters. The Hall–Kier alpha value is -4.75. The van der Waals surface area contributed by atoms with E-state index in [0.717, 1.165) is 23.9 Å². The lowest BCUT2D eigenvalue weighted by atomic mass is 9.84. The third kappa shape index (κ3) is 3.22. The molecule has 1 nitrogen and oxygen atoms in total. The van der Waals surface area contributed by atoms with Crippen LogP contribution in [0, 0.1) is 0 Å². The summed E-state index contributed by atoms with van der Waals surface area (Å²) in [6, 6.07) is 41.6. The number of pyridine rings is 1. The average Bonchev–Trinajstić information content (AvgIpc) is 2.99. The van der Waals surface area contributed by atoms with Gasteiger partial charge in [-0.15, -0.1) is 0 Å². The standard InChI is InChI=1S/C37H25N/c1-4-12-29-24(9-1)21-22-33-36(32-15-7-8-16-35(32)38-37(29)33)26-19-17-25(18-20-26)34-23-27-10-2-3-11-28(27)30-13-5-6-14-31(30)34/h1-17,19,21-23H,18,20H2. The second-order valence-electron chi connectivity index (χ2n) is 10.3. The maximum Gasteiger partial charge on any atom is 0.0794 e. The molecule has 0 radical (unpaired) electrons. The van der Waals surface area contributed by atoms with Crippen LogP contribution < -0.4 is 0 Å². The van der Waals surface area contributed by atoms with Crippen molar-refractivity contribution in [3.8, 4) is 0 Å². The summed E-state index contributed by atoms with van der Waals surface area (Å²) in [4.78, 5) is 5.14. The first-order chi connectivity index (χ1) is 18.8. The molecule has 0 aliphatic heterocycles. The minimum absolute atomic E-state index is 1.00. The summed E-state index contributed by atoms with van der Waals surface area (Å²) in [5.74, 6) is 0. The van der Waals surface area contributed by atoms with Crippen LogP contribution in [0.3, 0.4) is 0 Å². The zero-order chi connectivity index (χ0) is 25.1. The lowest BCUT2D eigenvalue weighted by molar-refractivity contribution is 1.08. The van der Waals surface area contributed by atoms with Crippen LogP contribution in [-0.2, 0) is 0 Å². The average molecular weight is 484 g/mol. The molecule has 1 heteroatoms. The molecule has 0 fully saturated rings. The van der Waals surface area contributed by atoms with E-state index < -0.39 is 0 Å². The van der Waals surface area contributed by atoms with Gasteiger partial charge in [0.25, 0.3) is 0 Å². The highest BCUT2D eigenvalue weighted by molar-refractivity contribution is 6.15. The van der Waals surface area contributed by atoms with Gasteiger partial charge in [0.2, 0.25) is 0 Å². The number of fused-ring (bicyclic) bond motifs is 7. The van der Waals surface area contributed by atoms with Crippen LogP contribution in [0.2, 0.25) is 0 Å². The van der Waals surface area contributed by atoms with Crippen LogP contribution in [0.15, 0.2) is 127 Å². The summed E-state index contributed by atoms with van der Waals surface area (Å²) >= 11 is 0. The van der Waals surface area contributed by atoms with Crippen LogP contribution in [0.5, 0.6) is 0 Å². The largest absolute Gasteiger partial charge is 0.247 e. The number of hydrogen-bond donors (Lipinski definition) is 0. The first kappa shape index (κ1) is 21.3. The minimum atomic E-state index is 1.00. The predicted octanol–water partition coefficient (Wildman–Crippen LogP) is 10.1. The fourth-order valence-electron chi connectivity index (χ4n) is 6.36. The molecule has 0 N–H and O–H groups in total. The van der Waals surface area contributed by atoms with Crippen LogP contribution in [0.4, 0.5) is 0 Å². The van der Waals surface area contributed by atoms with E-state index >= 15 is 0 Å². The fraction of sp³-hybridized carbons (Fsp3) is 0.0541. The van der Waals surface area contributed by atoms with Gasteiger partial charge in [-0.3, -0.25) is 0 Å². The van der Waals surface area contributed by atoms with E-state index in [0.29, 0.717) is 0 Å². The number of hydrogen-bond acceptors (Lipinski definition) is 1. The predicted molar refractivity (Wildman–Crippen MR) is 163 cm³/mol. The summed E-state index contributed by atoms with van der Waals surface area (Å²) in [6.45, 7) is 0. The molecular weight excluding hydrogens is 458 g/mol. The summed E-state index contributed by atoms with van der Waals surface area (Å²) < 4.78 is 0. The summed E-state index contributed by atoms with van der Waals surface area (Å²) in [6.07, 6.45) is 6.74. The number of rotatable bonds is 2. The number of benzene rings is 6. The molecule has 1 aliphatic rings. The lowest BCUT2D eigenvalue weighted by Gasteiger charge is -2.20. The Kier molecular flexibility index (Phi) is 4.72.